The number of anilines is 1. The third-order valence-corrected chi connectivity index (χ3v) is 5.37. The lowest BCUT2D eigenvalue weighted by Crippen LogP contribution is -2.54. The molecule has 0 spiro atoms. The van der Waals surface area contributed by atoms with Crippen molar-refractivity contribution in [3.05, 3.63) is 63.9 Å². The Morgan fingerprint density at radius 1 is 1.07 bits per heavy atom. The van der Waals surface area contributed by atoms with Gasteiger partial charge in [-0.05, 0) is 37.3 Å². The topological polar surface area (TPSA) is 52.7 Å². The van der Waals surface area contributed by atoms with Gasteiger partial charge in [-0.1, -0.05) is 35.3 Å². The standard InChI is InChI=1S/C20H20Cl2FN3O2/c1-13(19(27)24-18-5-3-2-4-17(18)23)25-8-10-26(11-9-25)20(28)15-7-6-14(21)12-16(15)22/h2-7,12-13H,8-11H2,1H3,(H,24,27). The summed E-state index contributed by atoms with van der Waals surface area (Å²) in [5, 5.41) is 3.40. The van der Waals surface area contributed by atoms with E-state index < -0.39 is 11.9 Å². The molecule has 0 bridgehead atoms. The molecule has 1 aliphatic heterocycles. The van der Waals surface area contributed by atoms with Gasteiger partial charge in [-0.15, -0.1) is 0 Å². The van der Waals surface area contributed by atoms with E-state index in [-0.39, 0.29) is 17.5 Å². The molecule has 0 saturated carbocycles. The minimum absolute atomic E-state index is 0.158. The minimum atomic E-state index is -0.474. The lowest BCUT2D eigenvalue weighted by molar-refractivity contribution is -0.121. The Labute approximate surface area is 173 Å². The highest BCUT2D eigenvalue weighted by Crippen LogP contribution is 2.23. The molecule has 2 aromatic carbocycles. The van der Waals surface area contributed by atoms with Crippen molar-refractivity contribution in [2.45, 2.75) is 13.0 Å². The Bertz CT molecular complexity index is 886. The van der Waals surface area contributed by atoms with E-state index in [9.17, 15) is 14.0 Å². The fraction of sp³-hybridized carbons (Fsp3) is 0.300. The van der Waals surface area contributed by atoms with E-state index in [0.717, 1.165) is 0 Å². The smallest absolute Gasteiger partial charge is 0.255 e. The summed E-state index contributed by atoms with van der Waals surface area (Å²) in [6.45, 7) is 3.76. The average Bonchev–Trinajstić information content (AvgIpc) is 2.69. The Balaban J connectivity index is 1.57. The van der Waals surface area contributed by atoms with Gasteiger partial charge in [0.2, 0.25) is 5.91 Å². The lowest BCUT2D eigenvalue weighted by Gasteiger charge is -2.37. The first-order valence-corrected chi connectivity index (χ1v) is 9.66. The van der Waals surface area contributed by atoms with Crippen molar-refractivity contribution in [2.75, 3.05) is 31.5 Å². The van der Waals surface area contributed by atoms with Crippen molar-refractivity contribution < 1.29 is 14.0 Å². The Morgan fingerprint density at radius 3 is 2.39 bits per heavy atom. The van der Waals surface area contributed by atoms with Gasteiger partial charge in [-0.25, -0.2) is 4.39 Å². The van der Waals surface area contributed by atoms with Gasteiger partial charge in [0, 0.05) is 31.2 Å². The number of hydrogen-bond acceptors (Lipinski definition) is 3. The molecular weight excluding hydrogens is 404 g/mol. The summed E-state index contributed by atoms with van der Waals surface area (Å²) in [4.78, 5) is 28.8. The number of amides is 2. The van der Waals surface area contributed by atoms with Gasteiger partial charge in [-0.2, -0.15) is 0 Å². The molecule has 1 heterocycles. The number of nitrogens with one attached hydrogen (secondary N) is 1. The van der Waals surface area contributed by atoms with E-state index in [1.165, 1.54) is 12.1 Å². The molecule has 2 aromatic rings. The first-order valence-electron chi connectivity index (χ1n) is 8.90. The second-order valence-corrected chi connectivity index (χ2v) is 7.44. The Kier molecular flexibility index (Phi) is 6.54. The molecule has 2 amide bonds. The van der Waals surface area contributed by atoms with Crippen molar-refractivity contribution in [1.29, 1.82) is 0 Å². The molecule has 5 nitrogen and oxygen atoms in total. The van der Waals surface area contributed by atoms with E-state index >= 15 is 0 Å². The molecule has 1 atom stereocenters. The van der Waals surface area contributed by atoms with E-state index in [1.807, 2.05) is 4.90 Å². The second-order valence-electron chi connectivity index (χ2n) is 6.60. The van der Waals surface area contributed by atoms with E-state index in [1.54, 1.807) is 42.2 Å². The van der Waals surface area contributed by atoms with Crippen molar-refractivity contribution in [2.24, 2.45) is 0 Å². The number of hydrogen-bond donors (Lipinski definition) is 1. The van der Waals surface area contributed by atoms with Crippen molar-refractivity contribution in [1.82, 2.24) is 9.80 Å². The predicted octanol–water partition coefficient (Wildman–Crippen LogP) is 3.92. The van der Waals surface area contributed by atoms with Crippen LogP contribution in [0.3, 0.4) is 0 Å². The predicted molar refractivity (Wildman–Crippen MR) is 108 cm³/mol. The van der Waals surface area contributed by atoms with Gasteiger partial charge in [0.15, 0.2) is 0 Å². The summed E-state index contributed by atoms with van der Waals surface area (Å²) >= 11 is 12.0. The number of carbonyl (C=O) groups is 2. The molecule has 28 heavy (non-hydrogen) atoms. The first kappa shape index (κ1) is 20.6. The van der Waals surface area contributed by atoms with Crippen molar-refractivity contribution in [3.63, 3.8) is 0 Å². The van der Waals surface area contributed by atoms with Crippen LogP contribution in [0.1, 0.15) is 17.3 Å². The van der Waals surface area contributed by atoms with Gasteiger partial charge in [0.25, 0.3) is 5.91 Å². The van der Waals surface area contributed by atoms with Crippen LogP contribution in [0.15, 0.2) is 42.5 Å². The van der Waals surface area contributed by atoms with Crippen LogP contribution in [0.5, 0.6) is 0 Å². The van der Waals surface area contributed by atoms with E-state index in [4.69, 9.17) is 23.2 Å². The van der Waals surface area contributed by atoms with Crippen LogP contribution < -0.4 is 5.32 Å². The van der Waals surface area contributed by atoms with Gasteiger partial charge < -0.3 is 10.2 Å². The largest absolute Gasteiger partial charge is 0.336 e. The quantitative estimate of drug-likeness (QED) is 0.810. The van der Waals surface area contributed by atoms with Gasteiger partial charge in [0.1, 0.15) is 5.82 Å². The van der Waals surface area contributed by atoms with Crippen LogP contribution in [0, 0.1) is 5.82 Å². The molecule has 1 unspecified atom stereocenters. The normalized spacial score (nSPS) is 15.9. The minimum Gasteiger partial charge on any atom is -0.336 e. The molecule has 3 rings (SSSR count). The van der Waals surface area contributed by atoms with Gasteiger partial charge in [-0.3, -0.25) is 14.5 Å². The zero-order chi connectivity index (χ0) is 20.3. The highest BCUT2D eigenvalue weighted by Gasteiger charge is 2.28. The SMILES string of the molecule is CC(C(=O)Nc1ccccc1F)N1CCN(C(=O)c2ccc(Cl)cc2Cl)CC1. The maximum atomic E-state index is 13.7. The lowest BCUT2D eigenvalue weighted by atomic mass is 10.1. The third kappa shape index (κ3) is 4.63. The first-order chi connectivity index (χ1) is 13.4. The molecule has 0 aromatic heterocycles. The summed E-state index contributed by atoms with van der Waals surface area (Å²) in [6, 6.07) is 10.4. The highest BCUT2D eigenvalue weighted by molar-refractivity contribution is 6.36. The Morgan fingerprint density at radius 2 is 1.75 bits per heavy atom. The molecule has 1 aliphatic rings. The number of para-hydroxylation sites is 1. The molecule has 1 N–H and O–H groups in total. The number of benzene rings is 2. The summed E-state index contributed by atoms with van der Waals surface area (Å²) < 4.78 is 13.7. The molecule has 148 valence electrons. The summed E-state index contributed by atoms with van der Waals surface area (Å²) in [6.07, 6.45) is 0. The van der Waals surface area contributed by atoms with Crippen LogP contribution in [0.4, 0.5) is 10.1 Å². The average molecular weight is 424 g/mol. The zero-order valence-corrected chi connectivity index (χ0v) is 16.8. The van der Waals surface area contributed by atoms with Crippen LogP contribution >= 0.6 is 23.2 Å². The Hall–Kier alpha value is -2.15. The monoisotopic (exact) mass is 423 g/mol. The van der Waals surface area contributed by atoms with Crippen LogP contribution in [-0.2, 0) is 4.79 Å². The molecular formula is C20H20Cl2FN3O2. The highest BCUT2D eigenvalue weighted by atomic mass is 35.5. The number of carbonyl (C=O) groups excluding carboxylic acids is 2. The number of halogens is 3. The summed E-state index contributed by atoms with van der Waals surface area (Å²) in [5.41, 5.74) is 0.565. The van der Waals surface area contributed by atoms with Gasteiger partial charge >= 0.3 is 0 Å². The van der Waals surface area contributed by atoms with E-state index in [0.29, 0.717) is 41.8 Å². The van der Waals surface area contributed by atoms with Crippen LogP contribution in [0.25, 0.3) is 0 Å². The zero-order valence-electron chi connectivity index (χ0n) is 15.3. The molecule has 0 radical (unpaired) electrons. The maximum Gasteiger partial charge on any atom is 0.255 e. The molecule has 0 aliphatic carbocycles. The number of piperazine rings is 1. The summed E-state index contributed by atoms with van der Waals surface area (Å²) in [7, 11) is 0. The molecule has 1 fully saturated rings. The van der Waals surface area contributed by atoms with Gasteiger partial charge in [0.05, 0.1) is 22.3 Å². The van der Waals surface area contributed by atoms with Crippen LogP contribution in [0.2, 0.25) is 10.0 Å². The number of rotatable bonds is 4. The second kappa shape index (κ2) is 8.90. The van der Waals surface area contributed by atoms with Crippen molar-refractivity contribution >= 4 is 40.7 Å². The maximum absolute atomic E-state index is 13.7. The fourth-order valence-electron chi connectivity index (χ4n) is 3.11. The van der Waals surface area contributed by atoms with E-state index in [2.05, 4.69) is 5.32 Å². The van der Waals surface area contributed by atoms with Crippen LogP contribution in [-0.4, -0.2) is 53.8 Å². The third-order valence-electron chi connectivity index (χ3n) is 4.82. The summed E-state index contributed by atoms with van der Waals surface area (Å²) in [5.74, 6) is -0.922. The fourth-order valence-corrected chi connectivity index (χ4v) is 3.60. The number of nitrogens with zero attached hydrogens (tertiary/aromatic N) is 2. The molecule has 8 heteroatoms. The van der Waals surface area contributed by atoms with Crippen molar-refractivity contribution in [3.8, 4) is 0 Å². The molecule has 1 saturated heterocycles.